The van der Waals surface area contributed by atoms with Crippen molar-refractivity contribution in [3.8, 4) is 5.75 Å². The van der Waals surface area contributed by atoms with E-state index in [-0.39, 0.29) is 18.1 Å². The maximum absolute atomic E-state index is 11.4. The molecule has 1 rings (SSSR count). The Morgan fingerprint density at radius 2 is 2.11 bits per heavy atom. The van der Waals surface area contributed by atoms with E-state index >= 15 is 0 Å². The number of carbonyl (C=O) groups excluding carboxylic acids is 1. The van der Waals surface area contributed by atoms with Crippen LogP contribution in [0.25, 0.3) is 0 Å². The van der Waals surface area contributed by atoms with Crippen LogP contribution in [0, 0.1) is 10.1 Å². The van der Waals surface area contributed by atoms with E-state index in [4.69, 9.17) is 4.74 Å². The molecular weight excluding hydrogens is 250 g/mol. The molecule has 0 unspecified atom stereocenters. The topological polar surface area (TPSA) is 84.7 Å². The zero-order valence-corrected chi connectivity index (χ0v) is 11.2. The summed E-state index contributed by atoms with van der Waals surface area (Å²) in [4.78, 5) is 23.1. The number of benzene rings is 1. The highest BCUT2D eigenvalue weighted by Crippen LogP contribution is 2.22. The molecule has 1 aromatic carbocycles. The van der Waals surface area contributed by atoms with Gasteiger partial charge >= 0.3 is 0 Å². The predicted molar refractivity (Wildman–Crippen MR) is 70.0 cm³/mol. The van der Waals surface area contributed by atoms with Gasteiger partial charge in [-0.1, -0.05) is 0 Å². The number of hydrogen-bond donors (Lipinski definition) is 1. The summed E-state index contributed by atoms with van der Waals surface area (Å²) < 4.78 is 5.00. The van der Waals surface area contributed by atoms with Crippen molar-refractivity contribution in [2.24, 2.45) is 0 Å². The number of rotatable bonds is 6. The molecule has 19 heavy (non-hydrogen) atoms. The summed E-state index contributed by atoms with van der Waals surface area (Å²) in [5.74, 6) is 0.363. The monoisotopic (exact) mass is 267 g/mol. The molecule has 1 N–H and O–H groups in total. The van der Waals surface area contributed by atoms with Gasteiger partial charge in [-0.05, 0) is 11.6 Å². The van der Waals surface area contributed by atoms with Crippen LogP contribution in [0.1, 0.15) is 5.56 Å². The lowest BCUT2D eigenvalue weighted by Crippen LogP contribution is -2.32. The average molecular weight is 267 g/mol. The summed E-state index contributed by atoms with van der Waals surface area (Å²) >= 11 is 0. The number of nitrogens with zero attached hydrogens (tertiary/aromatic N) is 2. The molecule has 0 saturated carbocycles. The van der Waals surface area contributed by atoms with Gasteiger partial charge in [0.2, 0.25) is 5.91 Å². The van der Waals surface area contributed by atoms with Crippen molar-refractivity contribution < 1.29 is 14.5 Å². The maximum Gasteiger partial charge on any atom is 0.273 e. The third-order valence-corrected chi connectivity index (χ3v) is 2.50. The Morgan fingerprint density at radius 3 is 2.63 bits per heavy atom. The summed E-state index contributed by atoms with van der Waals surface area (Å²) in [5, 5.41) is 13.7. The van der Waals surface area contributed by atoms with E-state index in [1.165, 1.54) is 24.1 Å². The molecule has 0 aromatic heterocycles. The molecule has 7 heteroatoms. The fraction of sp³-hybridized carbons (Fsp3) is 0.417. The van der Waals surface area contributed by atoms with Gasteiger partial charge in [0.25, 0.3) is 5.69 Å². The quantitative estimate of drug-likeness (QED) is 0.608. The minimum atomic E-state index is -0.475. The molecule has 0 saturated heterocycles. The number of nitro benzene ring substituents is 1. The van der Waals surface area contributed by atoms with E-state index in [2.05, 4.69) is 5.32 Å². The van der Waals surface area contributed by atoms with Crippen molar-refractivity contribution in [1.82, 2.24) is 10.2 Å². The minimum absolute atomic E-state index is 0.0323. The van der Waals surface area contributed by atoms with Crippen molar-refractivity contribution in [3.05, 3.63) is 33.9 Å². The van der Waals surface area contributed by atoms with E-state index in [0.29, 0.717) is 17.9 Å². The number of ether oxygens (including phenoxy) is 1. The Bertz CT molecular complexity index is 474. The smallest absolute Gasteiger partial charge is 0.273 e. The molecular formula is C12H17N3O4. The fourth-order valence-corrected chi connectivity index (χ4v) is 1.44. The van der Waals surface area contributed by atoms with Gasteiger partial charge in [0.15, 0.2) is 0 Å². The second-order valence-electron chi connectivity index (χ2n) is 4.19. The van der Waals surface area contributed by atoms with E-state index in [9.17, 15) is 14.9 Å². The minimum Gasteiger partial charge on any atom is -0.496 e. The number of carbonyl (C=O) groups is 1. The first-order valence-corrected chi connectivity index (χ1v) is 5.67. The maximum atomic E-state index is 11.4. The Balaban J connectivity index is 2.70. The highest BCUT2D eigenvalue weighted by Gasteiger charge is 2.10. The lowest BCUT2D eigenvalue weighted by Gasteiger charge is -2.11. The van der Waals surface area contributed by atoms with Crippen molar-refractivity contribution in [2.75, 3.05) is 27.7 Å². The number of amides is 1. The largest absolute Gasteiger partial charge is 0.496 e. The van der Waals surface area contributed by atoms with Crippen LogP contribution >= 0.6 is 0 Å². The van der Waals surface area contributed by atoms with Gasteiger partial charge in [0.1, 0.15) is 5.75 Å². The highest BCUT2D eigenvalue weighted by molar-refractivity contribution is 5.77. The highest BCUT2D eigenvalue weighted by atomic mass is 16.6. The number of non-ortho nitro benzene ring substituents is 1. The molecule has 0 fully saturated rings. The molecule has 0 atom stereocenters. The van der Waals surface area contributed by atoms with Gasteiger partial charge in [-0.3, -0.25) is 14.9 Å². The van der Waals surface area contributed by atoms with Crippen LogP contribution in [0.4, 0.5) is 5.69 Å². The number of hydrogen-bond acceptors (Lipinski definition) is 5. The zero-order chi connectivity index (χ0) is 14.4. The van der Waals surface area contributed by atoms with Crippen LogP contribution in [-0.2, 0) is 11.3 Å². The molecule has 104 valence electrons. The van der Waals surface area contributed by atoms with Crippen LogP contribution in [0.15, 0.2) is 18.2 Å². The van der Waals surface area contributed by atoms with Crippen molar-refractivity contribution in [1.29, 1.82) is 0 Å². The molecule has 0 aliphatic heterocycles. The van der Waals surface area contributed by atoms with Gasteiger partial charge in [0, 0.05) is 26.7 Å². The Morgan fingerprint density at radius 1 is 1.42 bits per heavy atom. The second kappa shape index (κ2) is 6.69. The van der Waals surface area contributed by atoms with E-state index in [1.807, 2.05) is 0 Å². The lowest BCUT2D eigenvalue weighted by atomic mass is 10.2. The summed E-state index contributed by atoms with van der Waals surface area (Å²) in [5.41, 5.74) is 0.660. The van der Waals surface area contributed by atoms with Crippen LogP contribution in [0.5, 0.6) is 5.75 Å². The van der Waals surface area contributed by atoms with Crippen molar-refractivity contribution >= 4 is 11.6 Å². The third kappa shape index (κ3) is 4.55. The predicted octanol–water partition coefficient (Wildman–Crippen LogP) is 0.781. The SMILES string of the molecule is COc1cc(CNCC(=O)N(C)C)cc([N+](=O)[O-])c1. The number of likely N-dealkylation sites (N-methyl/N-ethyl adjacent to an activating group) is 1. The van der Waals surface area contributed by atoms with E-state index < -0.39 is 4.92 Å². The summed E-state index contributed by atoms with van der Waals surface area (Å²) in [7, 11) is 4.78. The van der Waals surface area contributed by atoms with Crippen LogP contribution < -0.4 is 10.1 Å². The zero-order valence-electron chi connectivity index (χ0n) is 11.2. The molecule has 1 aromatic rings. The summed E-state index contributed by atoms with van der Waals surface area (Å²) in [6.07, 6.45) is 0. The van der Waals surface area contributed by atoms with Crippen molar-refractivity contribution in [2.45, 2.75) is 6.54 Å². The first-order chi connectivity index (χ1) is 8.93. The molecule has 0 bridgehead atoms. The van der Waals surface area contributed by atoms with Gasteiger partial charge in [-0.2, -0.15) is 0 Å². The van der Waals surface area contributed by atoms with E-state index in [1.54, 1.807) is 20.2 Å². The average Bonchev–Trinajstić information content (AvgIpc) is 2.37. The standard InChI is InChI=1S/C12H17N3O4/c1-14(2)12(16)8-13-7-9-4-10(15(17)18)6-11(5-9)19-3/h4-6,13H,7-8H2,1-3H3. The fourth-order valence-electron chi connectivity index (χ4n) is 1.44. The lowest BCUT2D eigenvalue weighted by molar-refractivity contribution is -0.385. The molecule has 0 spiro atoms. The summed E-state index contributed by atoms with van der Waals surface area (Å²) in [6.45, 7) is 0.537. The number of nitro groups is 1. The van der Waals surface area contributed by atoms with Gasteiger partial charge in [0.05, 0.1) is 24.6 Å². The first kappa shape index (κ1) is 14.9. The van der Waals surface area contributed by atoms with Crippen LogP contribution in [0.2, 0.25) is 0 Å². The molecule has 1 amide bonds. The molecule has 7 nitrogen and oxygen atoms in total. The van der Waals surface area contributed by atoms with Gasteiger partial charge in [-0.25, -0.2) is 0 Å². The third-order valence-electron chi connectivity index (χ3n) is 2.50. The van der Waals surface area contributed by atoms with Crippen LogP contribution in [0.3, 0.4) is 0 Å². The summed E-state index contributed by atoms with van der Waals surface area (Å²) in [6, 6.07) is 4.50. The van der Waals surface area contributed by atoms with Crippen LogP contribution in [-0.4, -0.2) is 43.5 Å². The van der Waals surface area contributed by atoms with E-state index in [0.717, 1.165) is 0 Å². The Labute approximate surface area is 111 Å². The molecule has 0 heterocycles. The van der Waals surface area contributed by atoms with Crippen molar-refractivity contribution in [3.63, 3.8) is 0 Å². The Kier molecular flexibility index (Phi) is 5.25. The molecule has 0 aliphatic rings. The molecule has 0 radical (unpaired) electrons. The first-order valence-electron chi connectivity index (χ1n) is 5.67. The normalized spacial score (nSPS) is 10.1. The van der Waals surface area contributed by atoms with Gasteiger partial charge in [-0.15, -0.1) is 0 Å². The number of nitrogens with one attached hydrogen (secondary N) is 1. The Hall–Kier alpha value is -2.15. The molecule has 0 aliphatic carbocycles. The van der Waals surface area contributed by atoms with Gasteiger partial charge < -0.3 is 15.0 Å². The second-order valence-corrected chi connectivity index (χ2v) is 4.19. The number of methoxy groups -OCH3 is 1.